The number of hydrogen-bond donors (Lipinski definition) is 3. The van der Waals surface area contributed by atoms with Gasteiger partial charge in [-0.05, 0) is 12.2 Å². The lowest BCUT2D eigenvalue weighted by Gasteiger charge is -2.26. The summed E-state index contributed by atoms with van der Waals surface area (Å²) in [5.74, 6) is 0.771. The fourth-order valence-electron chi connectivity index (χ4n) is 1.10. The average molecular weight is 176 g/mol. The Morgan fingerprint density at radius 3 is 2.73 bits per heavy atom. The molecule has 4 nitrogen and oxygen atoms in total. The lowest BCUT2D eigenvalue weighted by atomic mass is 9.93. The largest absolute Gasteiger partial charge is 0.381 e. The maximum absolute atomic E-state index is 10.6. The number of carbonyl (C=O) groups excluding carboxylic acids is 1. The van der Waals surface area contributed by atoms with Gasteiger partial charge in [0.05, 0.1) is 5.54 Å². The maximum Gasteiger partial charge on any atom is 0.248 e. The molecule has 0 aliphatic carbocycles. The van der Waals surface area contributed by atoms with Gasteiger partial charge in [-0.2, -0.15) is 11.8 Å². The molecule has 64 valence electrons. The Kier molecular flexibility index (Phi) is 2.41. The highest BCUT2D eigenvalue weighted by Gasteiger charge is 2.40. The van der Waals surface area contributed by atoms with Crippen LogP contribution in [0.5, 0.6) is 0 Å². The Morgan fingerprint density at radius 2 is 2.36 bits per heavy atom. The number of aliphatic hydroxyl groups excluding tert-OH is 1. The summed E-state index contributed by atoms with van der Waals surface area (Å²) in [6, 6.07) is 0. The van der Waals surface area contributed by atoms with Crippen molar-refractivity contribution in [2.75, 3.05) is 11.5 Å². The van der Waals surface area contributed by atoms with Gasteiger partial charge in [0.2, 0.25) is 5.91 Å². The van der Waals surface area contributed by atoms with Crippen LogP contribution in [-0.2, 0) is 4.79 Å². The third kappa shape index (κ3) is 1.66. The van der Waals surface area contributed by atoms with Crippen molar-refractivity contribution in [3.05, 3.63) is 0 Å². The van der Waals surface area contributed by atoms with Crippen molar-refractivity contribution in [1.29, 1.82) is 0 Å². The smallest absolute Gasteiger partial charge is 0.248 e. The molecule has 0 radical (unpaired) electrons. The summed E-state index contributed by atoms with van der Waals surface area (Å²) in [5, 5.41) is 9.27. The zero-order valence-electron chi connectivity index (χ0n) is 6.12. The molecular formula is C6H12N2O2S. The second kappa shape index (κ2) is 3.00. The normalized spacial score (nSPS) is 33.6. The van der Waals surface area contributed by atoms with Crippen molar-refractivity contribution in [1.82, 2.24) is 0 Å². The summed E-state index contributed by atoms with van der Waals surface area (Å²) in [6.07, 6.45) is -0.542. The van der Waals surface area contributed by atoms with Crippen molar-refractivity contribution in [3.8, 4) is 0 Å². The van der Waals surface area contributed by atoms with Gasteiger partial charge in [0, 0.05) is 5.75 Å². The van der Waals surface area contributed by atoms with Gasteiger partial charge < -0.3 is 16.6 Å². The van der Waals surface area contributed by atoms with Crippen LogP contribution in [-0.4, -0.2) is 34.2 Å². The molecule has 0 aromatic heterocycles. The highest BCUT2D eigenvalue weighted by molar-refractivity contribution is 7.99. The first kappa shape index (κ1) is 8.83. The van der Waals surface area contributed by atoms with Crippen LogP contribution >= 0.6 is 11.8 Å². The van der Waals surface area contributed by atoms with Gasteiger partial charge in [0.25, 0.3) is 0 Å². The number of thioether (sulfide) groups is 1. The van der Waals surface area contributed by atoms with Gasteiger partial charge in [0.15, 0.2) is 6.10 Å². The molecule has 5 heteroatoms. The van der Waals surface area contributed by atoms with Crippen molar-refractivity contribution < 1.29 is 9.90 Å². The predicted octanol–water partition coefficient (Wildman–Crippen LogP) is -1.33. The van der Waals surface area contributed by atoms with Crippen LogP contribution in [0.2, 0.25) is 0 Å². The monoisotopic (exact) mass is 176 g/mol. The van der Waals surface area contributed by atoms with Crippen molar-refractivity contribution in [2.24, 2.45) is 11.5 Å². The van der Waals surface area contributed by atoms with E-state index in [9.17, 15) is 9.90 Å². The van der Waals surface area contributed by atoms with Crippen LogP contribution in [0.3, 0.4) is 0 Å². The highest BCUT2D eigenvalue weighted by atomic mass is 32.2. The van der Waals surface area contributed by atoms with E-state index in [1.165, 1.54) is 0 Å². The van der Waals surface area contributed by atoms with Gasteiger partial charge in [-0.1, -0.05) is 0 Å². The standard InChI is InChI=1S/C6H12N2O2S/c7-5(10)4(9)6(8)1-2-11-3-6/h4,9H,1-3,8H2,(H2,7,10). The third-order valence-corrected chi connectivity index (χ3v) is 3.13. The third-order valence-electron chi connectivity index (χ3n) is 1.90. The van der Waals surface area contributed by atoms with Crippen molar-refractivity contribution in [3.63, 3.8) is 0 Å². The molecule has 5 N–H and O–H groups in total. The van der Waals surface area contributed by atoms with Crippen LogP contribution < -0.4 is 11.5 Å². The van der Waals surface area contributed by atoms with Gasteiger partial charge in [-0.3, -0.25) is 4.79 Å². The first-order valence-corrected chi connectivity index (χ1v) is 4.56. The van der Waals surface area contributed by atoms with E-state index in [1.54, 1.807) is 11.8 Å². The Morgan fingerprint density at radius 1 is 1.73 bits per heavy atom. The molecule has 0 aromatic carbocycles. The zero-order valence-corrected chi connectivity index (χ0v) is 6.93. The lowest BCUT2D eigenvalue weighted by Crippen LogP contribution is -2.56. The van der Waals surface area contributed by atoms with Crippen LogP contribution in [0.15, 0.2) is 0 Å². The number of rotatable bonds is 2. The predicted molar refractivity (Wildman–Crippen MR) is 44.1 cm³/mol. The van der Waals surface area contributed by atoms with Crippen molar-refractivity contribution >= 4 is 17.7 Å². The lowest BCUT2D eigenvalue weighted by molar-refractivity contribution is -0.128. The average Bonchev–Trinajstić information content (AvgIpc) is 2.35. The topological polar surface area (TPSA) is 89.3 Å². The summed E-state index contributed by atoms with van der Waals surface area (Å²) < 4.78 is 0. The zero-order chi connectivity index (χ0) is 8.48. The van der Waals surface area contributed by atoms with Crippen LogP contribution in [0.4, 0.5) is 0 Å². The molecule has 11 heavy (non-hydrogen) atoms. The quantitative estimate of drug-likeness (QED) is 0.486. The minimum Gasteiger partial charge on any atom is -0.381 e. The fourth-order valence-corrected chi connectivity index (χ4v) is 2.45. The number of primary amides is 1. The molecule has 1 rings (SSSR count). The Labute approximate surface area is 69.3 Å². The molecule has 0 spiro atoms. The summed E-state index contributed by atoms with van der Waals surface area (Å²) >= 11 is 1.63. The van der Waals surface area contributed by atoms with E-state index in [-0.39, 0.29) is 0 Å². The Balaban J connectivity index is 2.63. The molecular weight excluding hydrogens is 164 g/mol. The fraction of sp³-hybridized carbons (Fsp3) is 0.833. The Hall–Kier alpha value is -0.260. The Bertz CT molecular complexity index is 168. The molecule has 0 bridgehead atoms. The maximum atomic E-state index is 10.6. The van der Waals surface area contributed by atoms with Gasteiger partial charge in [0.1, 0.15) is 0 Å². The minimum absolute atomic E-state index is 0.608. The van der Waals surface area contributed by atoms with E-state index in [0.717, 1.165) is 5.75 Å². The molecule has 2 unspecified atom stereocenters. The van der Waals surface area contributed by atoms with Gasteiger partial charge >= 0.3 is 0 Å². The van der Waals surface area contributed by atoms with E-state index in [4.69, 9.17) is 11.5 Å². The minimum atomic E-state index is -1.20. The molecule has 1 heterocycles. The van der Waals surface area contributed by atoms with E-state index in [0.29, 0.717) is 12.2 Å². The molecule has 2 atom stereocenters. The van der Waals surface area contributed by atoms with E-state index >= 15 is 0 Å². The number of nitrogens with two attached hydrogens (primary N) is 2. The second-order valence-corrected chi connectivity index (χ2v) is 3.95. The SMILES string of the molecule is NC(=O)C(O)C1(N)CCSC1. The summed E-state index contributed by atoms with van der Waals surface area (Å²) in [5.41, 5.74) is 9.87. The first-order chi connectivity index (χ1) is 5.06. The van der Waals surface area contributed by atoms with Gasteiger partial charge in [-0.15, -0.1) is 0 Å². The van der Waals surface area contributed by atoms with E-state index < -0.39 is 17.6 Å². The second-order valence-electron chi connectivity index (χ2n) is 2.84. The van der Waals surface area contributed by atoms with E-state index in [1.807, 2.05) is 0 Å². The first-order valence-electron chi connectivity index (χ1n) is 3.40. The number of hydrogen-bond acceptors (Lipinski definition) is 4. The summed E-state index contributed by atoms with van der Waals surface area (Å²) in [6.45, 7) is 0. The van der Waals surface area contributed by atoms with E-state index in [2.05, 4.69) is 0 Å². The highest BCUT2D eigenvalue weighted by Crippen LogP contribution is 2.28. The summed E-state index contributed by atoms with van der Waals surface area (Å²) in [7, 11) is 0. The molecule has 0 saturated carbocycles. The number of aliphatic hydroxyl groups is 1. The molecule has 1 aliphatic heterocycles. The van der Waals surface area contributed by atoms with Crippen LogP contribution in [0.25, 0.3) is 0 Å². The van der Waals surface area contributed by atoms with Crippen LogP contribution in [0, 0.1) is 0 Å². The van der Waals surface area contributed by atoms with Crippen molar-refractivity contribution in [2.45, 2.75) is 18.1 Å². The molecule has 1 aliphatic rings. The molecule has 1 saturated heterocycles. The number of carbonyl (C=O) groups is 1. The number of amides is 1. The molecule has 1 amide bonds. The molecule has 1 fully saturated rings. The van der Waals surface area contributed by atoms with Crippen LogP contribution in [0.1, 0.15) is 6.42 Å². The molecule has 0 aromatic rings. The summed E-state index contributed by atoms with van der Waals surface area (Å²) in [4.78, 5) is 10.6. The van der Waals surface area contributed by atoms with Gasteiger partial charge in [-0.25, -0.2) is 0 Å².